The first-order valence-corrected chi connectivity index (χ1v) is 11.7. The maximum Gasteiger partial charge on any atom is 0.230 e. The second kappa shape index (κ2) is 9.49. The maximum atomic E-state index is 12.4. The number of methoxy groups -OCH3 is 1. The highest BCUT2D eigenvalue weighted by Crippen LogP contribution is 2.32. The zero-order chi connectivity index (χ0) is 22.7. The van der Waals surface area contributed by atoms with Crippen molar-refractivity contribution in [1.82, 2.24) is 25.2 Å². The summed E-state index contributed by atoms with van der Waals surface area (Å²) in [6.07, 6.45) is 0. The molecule has 0 N–H and O–H groups in total. The van der Waals surface area contributed by atoms with E-state index >= 15 is 0 Å². The molecule has 0 atom stereocenters. The van der Waals surface area contributed by atoms with Gasteiger partial charge >= 0.3 is 0 Å². The van der Waals surface area contributed by atoms with Crippen molar-refractivity contribution in [2.24, 2.45) is 0 Å². The van der Waals surface area contributed by atoms with Crippen LogP contribution in [0.2, 0.25) is 0 Å². The molecule has 0 aliphatic carbocycles. The van der Waals surface area contributed by atoms with Crippen molar-refractivity contribution >= 4 is 39.8 Å². The number of tetrazole rings is 1. The van der Waals surface area contributed by atoms with Gasteiger partial charge in [-0.15, -0.1) is 16.4 Å². The molecule has 10 heteroatoms. The van der Waals surface area contributed by atoms with Crippen LogP contribution in [0.15, 0.2) is 53.0 Å². The predicted molar refractivity (Wildman–Crippen MR) is 126 cm³/mol. The lowest BCUT2D eigenvalue weighted by atomic mass is 10.1. The minimum absolute atomic E-state index is 0.0816. The highest BCUT2D eigenvalue weighted by atomic mass is 32.2. The molecule has 4 rings (SSSR count). The molecule has 2 aromatic heterocycles. The van der Waals surface area contributed by atoms with Gasteiger partial charge in [0.25, 0.3) is 0 Å². The summed E-state index contributed by atoms with van der Waals surface area (Å²) >= 11 is 2.90. The molecule has 0 aliphatic rings. The predicted octanol–water partition coefficient (Wildman–Crippen LogP) is 4.72. The van der Waals surface area contributed by atoms with Crippen LogP contribution >= 0.6 is 23.1 Å². The minimum Gasteiger partial charge on any atom is -0.494 e. The van der Waals surface area contributed by atoms with E-state index in [-0.39, 0.29) is 5.91 Å². The third-order valence-electron chi connectivity index (χ3n) is 4.90. The Labute approximate surface area is 194 Å². The molecular formula is C22H22N6O2S2. The Hall–Kier alpha value is -3.24. The van der Waals surface area contributed by atoms with Crippen LogP contribution in [0.4, 0.5) is 10.8 Å². The van der Waals surface area contributed by atoms with Crippen LogP contribution in [0.5, 0.6) is 5.75 Å². The van der Waals surface area contributed by atoms with Crippen LogP contribution < -0.4 is 9.64 Å². The number of amides is 1. The van der Waals surface area contributed by atoms with Crippen LogP contribution in [0.3, 0.4) is 0 Å². The third-order valence-corrected chi connectivity index (χ3v) is 6.73. The first kappa shape index (κ1) is 22.0. The summed E-state index contributed by atoms with van der Waals surface area (Å²) in [5.74, 6) is 1.16. The Kier molecular flexibility index (Phi) is 6.52. The van der Waals surface area contributed by atoms with E-state index in [2.05, 4.69) is 22.4 Å². The van der Waals surface area contributed by atoms with Crippen LogP contribution in [0.25, 0.3) is 5.69 Å². The number of thioether (sulfide) groups is 1. The monoisotopic (exact) mass is 466 g/mol. The number of rotatable bonds is 7. The van der Waals surface area contributed by atoms with Gasteiger partial charge in [0.2, 0.25) is 11.1 Å². The molecule has 0 unspecified atom stereocenters. The summed E-state index contributed by atoms with van der Waals surface area (Å²) in [7, 11) is 1.61. The lowest BCUT2D eigenvalue weighted by Crippen LogP contribution is -2.22. The normalized spacial score (nSPS) is 10.9. The zero-order valence-corrected chi connectivity index (χ0v) is 19.8. The van der Waals surface area contributed by atoms with Gasteiger partial charge in [-0.05, 0) is 59.7 Å². The molecule has 32 heavy (non-hydrogen) atoms. The van der Waals surface area contributed by atoms with E-state index in [1.54, 1.807) is 23.6 Å². The van der Waals surface area contributed by atoms with Gasteiger partial charge in [0.1, 0.15) is 11.4 Å². The molecule has 164 valence electrons. The number of hydrogen-bond acceptors (Lipinski definition) is 8. The largest absolute Gasteiger partial charge is 0.494 e. The van der Waals surface area contributed by atoms with E-state index < -0.39 is 0 Å². The third kappa shape index (κ3) is 4.51. The molecule has 0 fully saturated rings. The van der Waals surface area contributed by atoms with Crippen LogP contribution in [0.1, 0.15) is 23.7 Å². The van der Waals surface area contributed by atoms with Gasteiger partial charge < -0.3 is 4.74 Å². The number of aromatic nitrogens is 5. The van der Waals surface area contributed by atoms with E-state index in [4.69, 9.17) is 9.72 Å². The number of carbonyl (C=O) groups excluding carboxylic acids is 1. The highest BCUT2D eigenvalue weighted by molar-refractivity contribution is 7.98. The number of benzene rings is 2. The van der Waals surface area contributed by atoms with Crippen molar-refractivity contribution in [2.75, 3.05) is 12.0 Å². The molecular weight excluding hydrogens is 444 g/mol. The van der Waals surface area contributed by atoms with Gasteiger partial charge in [0.15, 0.2) is 5.13 Å². The molecule has 0 bridgehead atoms. The fourth-order valence-corrected chi connectivity index (χ4v) is 4.89. The average Bonchev–Trinajstić information content (AvgIpc) is 3.44. The lowest BCUT2D eigenvalue weighted by molar-refractivity contribution is -0.115. The Morgan fingerprint density at radius 2 is 2.00 bits per heavy atom. The Morgan fingerprint density at radius 3 is 2.75 bits per heavy atom. The minimum atomic E-state index is -0.0816. The second-order valence-electron chi connectivity index (χ2n) is 7.08. The summed E-state index contributed by atoms with van der Waals surface area (Å²) in [6, 6.07) is 13.5. The molecule has 8 nitrogen and oxygen atoms in total. The van der Waals surface area contributed by atoms with Crippen molar-refractivity contribution < 1.29 is 9.53 Å². The molecule has 2 heterocycles. The van der Waals surface area contributed by atoms with Gasteiger partial charge in [0, 0.05) is 18.1 Å². The van der Waals surface area contributed by atoms with Crippen molar-refractivity contribution in [2.45, 2.75) is 31.7 Å². The first-order chi connectivity index (χ1) is 15.5. The standard InChI is InChI=1S/C22H22N6O2S2/c1-14-9-10-18(11-15(14)2)27(16(3)29)21-23-17(12-31-21)13-32-22-24-25-26-28(22)19-7-5-6-8-20(19)30-4/h5-12H,13H2,1-4H3. The Bertz CT molecular complexity index is 1250. The molecule has 0 aliphatic heterocycles. The van der Waals surface area contributed by atoms with Gasteiger partial charge in [-0.25, -0.2) is 4.98 Å². The van der Waals surface area contributed by atoms with Gasteiger partial charge in [-0.3, -0.25) is 9.69 Å². The van der Waals surface area contributed by atoms with Crippen LogP contribution in [0, 0.1) is 13.8 Å². The van der Waals surface area contributed by atoms with E-state index in [1.807, 2.05) is 54.8 Å². The summed E-state index contributed by atoms with van der Waals surface area (Å²) < 4.78 is 7.07. The van der Waals surface area contributed by atoms with E-state index in [9.17, 15) is 4.79 Å². The van der Waals surface area contributed by atoms with E-state index in [1.165, 1.54) is 28.7 Å². The summed E-state index contributed by atoms with van der Waals surface area (Å²) in [6.45, 7) is 5.63. The fraction of sp³-hybridized carbons (Fsp3) is 0.227. The van der Waals surface area contributed by atoms with Crippen molar-refractivity contribution in [1.29, 1.82) is 0 Å². The summed E-state index contributed by atoms with van der Waals surface area (Å²) in [4.78, 5) is 18.7. The first-order valence-electron chi connectivity index (χ1n) is 9.85. The topological polar surface area (TPSA) is 86.0 Å². The number of anilines is 2. The van der Waals surface area contributed by atoms with Crippen LogP contribution in [-0.4, -0.2) is 38.2 Å². The van der Waals surface area contributed by atoms with Crippen LogP contribution in [-0.2, 0) is 10.5 Å². The van der Waals surface area contributed by atoms with Gasteiger partial charge in [0.05, 0.1) is 18.5 Å². The smallest absolute Gasteiger partial charge is 0.230 e. The second-order valence-corrected chi connectivity index (χ2v) is 8.86. The fourth-order valence-electron chi connectivity index (χ4n) is 3.12. The van der Waals surface area contributed by atoms with E-state index in [0.717, 1.165) is 22.6 Å². The average molecular weight is 467 g/mol. The quantitative estimate of drug-likeness (QED) is 0.364. The van der Waals surface area contributed by atoms with Crippen molar-refractivity contribution in [3.05, 3.63) is 64.7 Å². The maximum absolute atomic E-state index is 12.4. The molecule has 1 amide bonds. The SMILES string of the molecule is COc1ccccc1-n1nnnc1SCc1csc(N(C(C)=O)c2ccc(C)c(C)c2)n1. The Morgan fingerprint density at radius 1 is 1.19 bits per heavy atom. The summed E-state index contributed by atoms with van der Waals surface area (Å²) in [5.41, 5.74) is 4.73. The number of para-hydroxylation sites is 2. The van der Waals surface area contributed by atoms with Gasteiger partial charge in [-0.1, -0.05) is 30.0 Å². The summed E-state index contributed by atoms with van der Waals surface area (Å²) in [5, 5.41) is 15.3. The lowest BCUT2D eigenvalue weighted by Gasteiger charge is -2.19. The molecule has 0 spiro atoms. The molecule has 0 saturated carbocycles. The molecule has 4 aromatic rings. The molecule has 0 radical (unpaired) electrons. The number of aryl methyl sites for hydroxylation is 2. The van der Waals surface area contributed by atoms with Crippen molar-refractivity contribution in [3.8, 4) is 11.4 Å². The van der Waals surface area contributed by atoms with Crippen molar-refractivity contribution in [3.63, 3.8) is 0 Å². The number of nitrogens with zero attached hydrogens (tertiary/aromatic N) is 6. The molecule has 0 saturated heterocycles. The molecule has 2 aromatic carbocycles. The highest BCUT2D eigenvalue weighted by Gasteiger charge is 2.19. The number of carbonyl (C=O) groups is 1. The van der Waals surface area contributed by atoms with E-state index in [0.29, 0.717) is 21.8 Å². The number of ether oxygens (including phenoxy) is 1. The number of hydrogen-bond donors (Lipinski definition) is 0. The zero-order valence-electron chi connectivity index (χ0n) is 18.1. The number of thiazole rings is 1. The Balaban J connectivity index is 1.54. The van der Waals surface area contributed by atoms with Gasteiger partial charge in [-0.2, -0.15) is 4.68 Å².